The zero-order valence-corrected chi connectivity index (χ0v) is 12.1. The molecule has 0 aromatic rings. The summed E-state index contributed by atoms with van der Waals surface area (Å²) in [5, 5.41) is 0. The van der Waals surface area contributed by atoms with E-state index in [2.05, 4.69) is 23.6 Å². The fourth-order valence-electron chi connectivity index (χ4n) is 0.632. The molecule has 0 aliphatic rings. The summed E-state index contributed by atoms with van der Waals surface area (Å²) in [7, 11) is 8.19. The standard InChI is InChI=1S/2C5H12N.Ca/c2*1-4-5-6(2)3;/h2*1,4-5H2,2-3H3;/q2*-1;+2. The number of hydrogen-bond acceptors (Lipinski definition) is 2. The first-order valence-electron chi connectivity index (χ1n) is 4.42. The van der Waals surface area contributed by atoms with Crippen LogP contribution in [0.2, 0.25) is 0 Å². The topological polar surface area (TPSA) is 6.48 Å². The van der Waals surface area contributed by atoms with Crippen molar-refractivity contribution in [3.63, 3.8) is 0 Å². The van der Waals surface area contributed by atoms with Crippen LogP contribution in [-0.2, 0) is 0 Å². The van der Waals surface area contributed by atoms with Crippen molar-refractivity contribution in [1.82, 2.24) is 9.80 Å². The molecule has 0 aliphatic carbocycles. The van der Waals surface area contributed by atoms with Gasteiger partial charge in [-0.05, 0) is 41.3 Å². The molecule has 0 rings (SSSR count). The molecule has 0 spiro atoms. The maximum atomic E-state index is 3.68. The Balaban J connectivity index is -0.000000143. The molecule has 0 unspecified atom stereocenters. The normalized spacial score (nSPS) is 9.23. The second-order valence-corrected chi connectivity index (χ2v) is 3.31. The minimum atomic E-state index is 0. The first-order valence-corrected chi connectivity index (χ1v) is 4.42. The van der Waals surface area contributed by atoms with Crippen LogP contribution in [0, 0.1) is 13.8 Å². The Bertz CT molecular complexity index is 65.3. The first-order chi connectivity index (χ1) is 5.54. The molecule has 0 heterocycles. The van der Waals surface area contributed by atoms with Crippen molar-refractivity contribution < 1.29 is 0 Å². The Morgan fingerprint density at radius 1 is 0.769 bits per heavy atom. The summed E-state index contributed by atoms with van der Waals surface area (Å²) in [4.78, 5) is 4.24. The van der Waals surface area contributed by atoms with Gasteiger partial charge in [0.15, 0.2) is 0 Å². The second kappa shape index (κ2) is 15.6. The van der Waals surface area contributed by atoms with Crippen molar-refractivity contribution in [3.8, 4) is 0 Å². The van der Waals surface area contributed by atoms with Gasteiger partial charge >= 0.3 is 37.7 Å². The van der Waals surface area contributed by atoms with Crippen molar-refractivity contribution in [2.45, 2.75) is 12.8 Å². The van der Waals surface area contributed by atoms with Crippen LogP contribution in [0.3, 0.4) is 0 Å². The van der Waals surface area contributed by atoms with E-state index in [0.29, 0.717) is 0 Å². The van der Waals surface area contributed by atoms with E-state index in [9.17, 15) is 0 Å². The number of rotatable bonds is 4. The molecular weight excluding hydrogens is 188 g/mol. The van der Waals surface area contributed by atoms with Crippen molar-refractivity contribution >= 4 is 37.7 Å². The quantitative estimate of drug-likeness (QED) is 0.510. The van der Waals surface area contributed by atoms with Crippen molar-refractivity contribution in [2.75, 3.05) is 41.3 Å². The van der Waals surface area contributed by atoms with Crippen LogP contribution in [0.1, 0.15) is 12.8 Å². The van der Waals surface area contributed by atoms with Crippen LogP contribution < -0.4 is 0 Å². The zero-order chi connectivity index (χ0) is 9.98. The fraction of sp³-hybridized carbons (Fsp3) is 0.800. The van der Waals surface area contributed by atoms with E-state index >= 15 is 0 Å². The van der Waals surface area contributed by atoms with E-state index in [-0.39, 0.29) is 37.7 Å². The molecule has 0 saturated carbocycles. The van der Waals surface area contributed by atoms with E-state index < -0.39 is 0 Å². The molecule has 0 N–H and O–H groups in total. The molecule has 2 nitrogen and oxygen atoms in total. The predicted octanol–water partition coefficient (Wildman–Crippen LogP) is 1.16. The van der Waals surface area contributed by atoms with Crippen LogP contribution in [0.25, 0.3) is 0 Å². The summed E-state index contributed by atoms with van der Waals surface area (Å²) < 4.78 is 0. The summed E-state index contributed by atoms with van der Waals surface area (Å²) >= 11 is 0. The fourth-order valence-corrected chi connectivity index (χ4v) is 0.632. The molecule has 0 aromatic carbocycles. The molecular formula is C10H24CaN2. The molecule has 76 valence electrons. The van der Waals surface area contributed by atoms with Crippen LogP contribution in [0.5, 0.6) is 0 Å². The Hall–Kier alpha value is 1.18. The van der Waals surface area contributed by atoms with E-state index in [1.165, 1.54) is 0 Å². The van der Waals surface area contributed by atoms with E-state index in [4.69, 9.17) is 0 Å². The molecule has 3 heteroatoms. The second-order valence-electron chi connectivity index (χ2n) is 3.31. The van der Waals surface area contributed by atoms with E-state index in [1.54, 1.807) is 0 Å². The number of nitrogens with zero attached hydrogens (tertiary/aromatic N) is 2. The largest absolute Gasteiger partial charge is 2.00 e. The molecule has 0 radical (unpaired) electrons. The SMILES string of the molecule is [CH2-]CCN(C)C.[CH2-]CCN(C)C.[Ca+2]. The summed E-state index contributed by atoms with van der Waals surface area (Å²) in [5.74, 6) is 0. The smallest absolute Gasteiger partial charge is 0.342 e. The van der Waals surface area contributed by atoms with Gasteiger partial charge in [0.1, 0.15) is 0 Å². The summed E-state index contributed by atoms with van der Waals surface area (Å²) in [6.07, 6.45) is 2.01. The molecule has 0 aromatic heterocycles. The Kier molecular flexibility index (Phi) is 23.7. The van der Waals surface area contributed by atoms with Gasteiger partial charge in [-0.3, -0.25) is 0 Å². The van der Waals surface area contributed by atoms with Gasteiger partial charge in [-0.2, -0.15) is 12.8 Å². The molecule has 0 atom stereocenters. The van der Waals surface area contributed by atoms with Crippen molar-refractivity contribution in [1.29, 1.82) is 0 Å². The van der Waals surface area contributed by atoms with Crippen molar-refractivity contribution in [2.24, 2.45) is 0 Å². The Morgan fingerprint density at radius 3 is 1.00 bits per heavy atom. The third-order valence-corrected chi connectivity index (χ3v) is 1.21. The molecule has 0 aliphatic heterocycles. The minimum Gasteiger partial charge on any atom is -0.342 e. The van der Waals surface area contributed by atoms with Crippen LogP contribution >= 0.6 is 0 Å². The average Bonchev–Trinajstić information content (AvgIpc) is 1.87. The first kappa shape index (κ1) is 19.7. The number of hydrogen-bond donors (Lipinski definition) is 0. The molecule has 0 fully saturated rings. The third-order valence-electron chi connectivity index (χ3n) is 1.21. The van der Waals surface area contributed by atoms with Gasteiger partial charge < -0.3 is 23.6 Å². The predicted molar refractivity (Wildman–Crippen MR) is 62.8 cm³/mol. The van der Waals surface area contributed by atoms with Gasteiger partial charge in [0.2, 0.25) is 0 Å². The van der Waals surface area contributed by atoms with Gasteiger partial charge in [0.25, 0.3) is 0 Å². The van der Waals surface area contributed by atoms with Gasteiger partial charge in [-0.15, -0.1) is 0 Å². The summed E-state index contributed by atoms with van der Waals surface area (Å²) in [6.45, 7) is 9.56. The van der Waals surface area contributed by atoms with Crippen LogP contribution in [0.15, 0.2) is 0 Å². The van der Waals surface area contributed by atoms with Gasteiger partial charge in [0, 0.05) is 0 Å². The molecule has 0 saturated heterocycles. The zero-order valence-electron chi connectivity index (χ0n) is 9.84. The maximum Gasteiger partial charge on any atom is 2.00 e. The molecule has 0 bridgehead atoms. The van der Waals surface area contributed by atoms with Crippen molar-refractivity contribution in [3.05, 3.63) is 13.8 Å². The van der Waals surface area contributed by atoms with E-state index in [0.717, 1.165) is 25.9 Å². The Labute approximate surface area is 115 Å². The van der Waals surface area contributed by atoms with Gasteiger partial charge in [-0.25, -0.2) is 0 Å². The van der Waals surface area contributed by atoms with E-state index in [1.807, 2.05) is 28.2 Å². The molecule has 0 amide bonds. The minimum absolute atomic E-state index is 0. The summed E-state index contributed by atoms with van der Waals surface area (Å²) in [6, 6.07) is 0. The summed E-state index contributed by atoms with van der Waals surface area (Å²) in [5.41, 5.74) is 0. The maximum absolute atomic E-state index is 3.68. The van der Waals surface area contributed by atoms with Gasteiger partial charge in [-0.1, -0.05) is 0 Å². The third kappa shape index (κ3) is 32.0. The average molecular weight is 212 g/mol. The molecule has 13 heavy (non-hydrogen) atoms. The van der Waals surface area contributed by atoms with Crippen LogP contribution in [-0.4, -0.2) is 88.8 Å². The van der Waals surface area contributed by atoms with Crippen LogP contribution in [0.4, 0.5) is 0 Å². The monoisotopic (exact) mass is 212 g/mol. The van der Waals surface area contributed by atoms with Gasteiger partial charge in [0.05, 0.1) is 0 Å². The Morgan fingerprint density at radius 2 is 1.00 bits per heavy atom.